The van der Waals surface area contributed by atoms with E-state index >= 15 is 0 Å². The fourth-order valence-electron chi connectivity index (χ4n) is 1.73. The molecule has 2 aromatic rings. The molecule has 0 bridgehead atoms. The summed E-state index contributed by atoms with van der Waals surface area (Å²) < 4.78 is 0. The van der Waals surface area contributed by atoms with Crippen molar-refractivity contribution in [2.45, 2.75) is 13.0 Å². The average Bonchev–Trinajstić information content (AvgIpc) is 2.49. The highest BCUT2D eigenvalue weighted by Crippen LogP contribution is 2.10. The van der Waals surface area contributed by atoms with Crippen molar-refractivity contribution in [3.8, 4) is 0 Å². The average molecular weight is 285 g/mol. The number of thiocarbonyl (C=S) groups is 1. The molecule has 0 aliphatic heterocycles. The highest BCUT2D eigenvalue weighted by Gasteiger charge is 2.10. The monoisotopic (exact) mass is 285 g/mol. The van der Waals surface area contributed by atoms with Gasteiger partial charge in [-0.25, -0.2) is 4.79 Å². The van der Waals surface area contributed by atoms with Gasteiger partial charge in [-0.3, -0.25) is 10.3 Å². The Kier molecular flexibility index (Phi) is 4.79. The molecule has 0 spiro atoms. The minimum atomic E-state index is -0.324. The molecule has 20 heavy (non-hydrogen) atoms. The Hall–Kier alpha value is -2.27. The molecule has 0 aliphatic rings. The first kappa shape index (κ1) is 14.1. The maximum atomic E-state index is 11.9. The lowest BCUT2D eigenvalue weighted by Crippen LogP contribution is -2.40. The molecular weight excluding hydrogens is 270 g/mol. The number of hydrogen-bond donors (Lipinski definition) is 2. The summed E-state index contributed by atoms with van der Waals surface area (Å²) in [4.78, 5) is 16.2. The molecule has 102 valence electrons. The first-order valence-electron chi connectivity index (χ1n) is 6.23. The summed E-state index contributed by atoms with van der Waals surface area (Å²) in [7, 11) is 0. The van der Waals surface area contributed by atoms with Crippen LogP contribution >= 0.6 is 12.2 Å². The van der Waals surface area contributed by atoms with Crippen LogP contribution in [0.1, 0.15) is 24.1 Å². The van der Waals surface area contributed by atoms with E-state index in [-0.39, 0.29) is 12.1 Å². The SMILES string of the molecule is C[C@H](NC(=O)NC(=S)c1cccnc1)c1ccccc1. The number of hydrogen-bond acceptors (Lipinski definition) is 3. The lowest BCUT2D eigenvalue weighted by Gasteiger charge is -2.15. The predicted octanol–water partition coefficient (Wildman–Crippen LogP) is 2.82. The second-order valence-electron chi connectivity index (χ2n) is 4.30. The van der Waals surface area contributed by atoms with Gasteiger partial charge in [0.2, 0.25) is 0 Å². The van der Waals surface area contributed by atoms with Crippen molar-refractivity contribution >= 4 is 23.2 Å². The Labute approximate surface area is 123 Å². The minimum Gasteiger partial charge on any atom is -0.331 e. The summed E-state index contributed by atoms with van der Waals surface area (Å²) in [5.74, 6) is 0. The smallest absolute Gasteiger partial charge is 0.320 e. The zero-order valence-electron chi connectivity index (χ0n) is 11.0. The van der Waals surface area contributed by atoms with Crippen LogP contribution in [-0.4, -0.2) is 16.0 Å². The Morgan fingerprint density at radius 3 is 2.60 bits per heavy atom. The van der Waals surface area contributed by atoms with Gasteiger partial charge in [-0.2, -0.15) is 0 Å². The van der Waals surface area contributed by atoms with Crippen LogP contribution < -0.4 is 10.6 Å². The largest absolute Gasteiger partial charge is 0.331 e. The van der Waals surface area contributed by atoms with E-state index < -0.39 is 0 Å². The molecular formula is C15H15N3OS. The third kappa shape index (κ3) is 3.86. The van der Waals surface area contributed by atoms with Gasteiger partial charge < -0.3 is 5.32 Å². The third-order valence-corrected chi connectivity index (χ3v) is 3.14. The number of nitrogens with one attached hydrogen (secondary N) is 2. The van der Waals surface area contributed by atoms with Crippen LogP contribution in [0.25, 0.3) is 0 Å². The molecule has 1 aromatic heterocycles. The molecule has 0 saturated heterocycles. The molecule has 2 amide bonds. The van der Waals surface area contributed by atoms with E-state index in [0.29, 0.717) is 10.6 Å². The van der Waals surface area contributed by atoms with E-state index in [1.807, 2.05) is 37.3 Å². The van der Waals surface area contributed by atoms with Gasteiger partial charge >= 0.3 is 6.03 Å². The normalized spacial score (nSPS) is 11.4. The van der Waals surface area contributed by atoms with Crippen LogP contribution in [0.5, 0.6) is 0 Å². The van der Waals surface area contributed by atoms with Gasteiger partial charge in [0.15, 0.2) is 0 Å². The van der Waals surface area contributed by atoms with E-state index in [2.05, 4.69) is 15.6 Å². The van der Waals surface area contributed by atoms with Crippen LogP contribution in [0.15, 0.2) is 54.9 Å². The molecule has 0 aliphatic carbocycles. The number of benzene rings is 1. The van der Waals surface area contributed by atoms with E-state index in [0.717, 1.165) is 5.56 Å². The predicted molar refractivity (Wildman–Crippen MR) is 82.5 cm³/mol. The highest BCUT2D eigenvalue weighted by atomic mass is 32.1. The molecule has 2 rings (SSSR count). The fraction of sp³-hybridized carbons (Fsp3) is 0.133. The van der Waals surface area contributed by atoms with E-state index in [1.165, 1.54) is 0 Å². The van der Waals surface area contributed by atoms with E-state index in [9.17, 15) is 4.79 Å². The van der Waals surface area contributed by atoms with Crippen LogP contribution in [0.2, 0.25) is 0 Å². The number of carbonyl (C=O) groups excluding carboxylic acids is 1. The quantitative estimate of drug-likeness (QED) is 0.853. The molecule has 1 heterocycles. The van der Waals surface area contributed by atoms with Crippen molar-refractivity contribution in [2.24, 2.45) is 0 Å². The summed E-state index contributed by atoms with van der Waals surface area (Å²) in [6, 6.07) is 12.9. The van der Waals surface area contributed by atoms with Gasteiger partial charge in [0.1, 0.15) is 4.99 Å². The minimum absolute atomic E-state index is 0.0899. The van der Waals surface area contributed by atoms with Gasteiger partial charge in [-0.05, 0) is 24.6 Å². The van der Waals surface area contributed by atoms with E-state index in [4.69, 9.17) is 12.2 Å². The number of amides is 2. The second-order valence-corrected chi connectivity index (χ2v) is 4.71. The molecule has 4 nitrogen and oxygen atoms in total. The molecule has 0 fully saturated rings. The molecule has 5 heteroatoms. The zero-order chi connectivity index (χ0) is 14.4. The summed E-state index contributed by atoms with van der Waals surface area (Å²) in [5.41, 5.74) is 1.75. The maximum absolute atomic E-state index is 11.9. The highest BCUT2D eigenvalue weighted by molar-refractivity contribution is 7.80. The van der Waals surface area contributed by atoms with Gasteiger partial charge in [0.25, 0.3) is 0 Å². The molecule has 0 unspecified atom stereocenters. The van der Waals surface area contributed by atoms with Gasteiger partial charge in [-0.15, -0.1) is 0 Å². The number of pyridine rings is 1. The van der Waals surface area contributed by atoms with Crippen molar-refractivity contribution in [3.05, 3.63) is 66.0 Å². The summed E-state index contributed by atoms with van der Waals surface area (Å²) in [5, 5.41) is 5.48. The Bertz CT molecular complexity index is 587. The van der Waals surface area contributed by atoms with Crippen molar-refractivity contribution in [3.63, 3.8) is 0 Å². The molecule has 0 saturated carbocycles. The topological polar surface area (TPSA) is 54.0 Å². The van der Waals surface area contributed by atoms with Gasteiger partial charge in [0, 0.05) is 18.0 Å². The summed E-state index contributed by atoms with van der Waals surface area (Å²) >= 11 is 5.15. The maximum Gasteiger partial charge on any atom is 0.320 e. The molecule has 1 aromatic carbocycles. The second kappa shape index (κ2) is 6.77. The lowest BCUT2D eigenvalue weighted by atomic mass is 10.1. The van der Waals surface area contributed by atoms with E-state index in [1.54, 1.807) is 24.5 Å². The first-order valence-corrected chi connectivity index (χ1v) is 6.64. The molecule has 2 N–H and O–H groups in total. The van der Waals surface area contributed by atoms with Crippen LogP contribution in [0.4, 0.5) is 4.79 Å². The van der Waals surface area contributed by atoms with Crippen molar-refractivity contribution in [1.29, 1.82) is 0 Å². The van der Waals surface area contributed by atoms with Gasteiger partial charge in [-0.1, -0.05) is 42.5 Å². The number of aromatic nitrogens is 1. The van der Waals surface area contributed by atoms with Crippen molar-refractivity contribution in [2.75, 3.05) is 0 Å². The Balaban J connectivity index is 1.91. The fourth-order valence-corrected chi connectivity index (χ4v) is 1.94. The third-order valence-electron chi connectivity index (χ3n) is 2.80. The van der Waals surface area contributed by atoms with Crippen molar-refractivity contribution < 1.29 is 4.79 Å². The first-order chi connectivity index (χ1) is 9.66. The number of urea groups is 1. The van der Waals surface area contributed by atoms with Crippen molar-refractivity contribution in [1.82, 2.24) is 15.6 Å². The summed E-state index contributed by atoms with van der Waals surface area (Å²) in [6.07, 6.45) is 3.27. The Morgan fingerprint density at radius 1 is 1.20 bits per heavy atom. The number of nitrogens with zero attached hydrogens (tertiary/aromatic N) is 1. The summed E-state index contributed by atoms with van der Waals surface area (Å²) in [6.45, 7) is 1.92. The van der Waals surface area contributed by atoms with Gasteiger partial charge in [0.05, 0.1) is 6.04 Å². The van der Waals surface area contributed by atoms with Crippen LogP contribution in [0.3, 0.4) is 0 Å². The lowest BCUT2D eigenvalue weighted by molar-refractivity contribution is 0.242. The molecule has 0 radical (unpaired) electrons. The molecule has 1 atom stereocenters. The number of carbonyl (C=O) groups is 1. The standard InChI is InChI=1S/C15H15N3OS/c1-11(12-6-3-2-4-7-12)17-15(19)18-14(20)13-8-5-9-16-10-13/h2-11H,1H3,(H2,17,18,19,20)/t11-/m0/s1. The Morgan fingerprint density at radius 2 is 1.95 bits per heavy atom. The van der Waals surface area contributed by atoms with Crippen LogP contribution in [0, 0.1) is 0 Å². The number of rotatable bonds is 3. The van der Waals surface area contributed by atoms with Crippen LogP contribution in [-0.2, 0) is 0 Å². The zero-order valence-corrected chi connectivity index (χ0v) is 11.9.